The second kappa shape index (κ2) is 8.12. The quantitative estimate of drug-likeness (QED) is 0.880. The predicted octanol–water partition coefficient (Wildman–Crippen LogP) is 3.11. The Hall–Kier alpha value is -2.40. The molecule has 5 heteroatoms. The van der Waals surface area contributed by atoms with Crippen molar-refractivity contribution in [2.24, 2.45) is 0 Å². The maximum absolute atomic E-state index is 12.4. The number of anilines is 1. The molecule has 2 aromatic rings. The van der Waals surface area contributed by atoms with Gasteiger partial charge >= 0.3 is 0 Å². The van der Waals surface area contributed by atoms with Crippen LogP contribution in [0.2, 0.25) is 0 Å². The Labute approximate surface area is 148 Å². The molecule has 1 aliphatic heterocycles. The number of carbonyl (C=O) groups is 1. The number of rotatable bonds is 6. The summed E-state index contributed by atoms with van der Waals surface area (Å²) in [6.45, 7) is 5.93. The van der Waals surface area contributed by atoms with E-state index in [1.807, 2.05) is 31.2 Å². The predicted molar refractivity (Wildman–Crippen MR) is 99.9 cm³/mol. The molecule has 1 N–H and O–H groups in total. The summed E-state index contributed by atoms with van der Waals surface area (Å²) in [5, 5.41) is 2.87. The minimum Gasteiger partial charge on any atom is -0.321 e. The number of hydrogen-bond donors (Lipinski definition) is 1. The highest BCUT2D eigenvalue weighted by Gasteiger charge is 2.12. The summed E-state index contributed by atoms with van der Waals surface area (Å²) in [6, 6.07) is 10.9. The fraction of sp³-hybridized carbons (Fsp3) is 0.400. The Bertz CT molecular complexity index is 774. The van der Waals surface area contributed by atoms with Gasteiger partial charge in [0.25, 0.3) is 11.5 Å². The van der Waals surface area contributed by atoms with Crippen LogP contribution in [-0.2, 0) is 13.1 Å². The summed E-state index contributed by atoms with van der Waals surface area (Å²) in [5.74, 6) is -0.158. The number of benzene rings is 1. The molecule has 1 fully saturated rings. The zero-order chi connectivity index (χ0) is 17.6. The molecule has 1 aromatic carbocycles. The van der Waals surface area contributed by atoms with E-state index >= 15 is 0 Å². The van der Waals surface area contributed by atoms with Crippen LogP contribution in [0.1, 0.15) is 42.1 Å². The molecule has 5 nitrogen and oxygen atoms in total. The van der Waals surface area contributed by atoms with Crippen LogP contribution in [0, 0.1) is 0 Å². The van der Waals surface area contributed by atoms with Crippen molar-refractivity contribution in [3.63, 3.8) is 0 Å². The van der Waals surface area contributed by atoms with Gasteiger partial charge in [0.05, 0.1) is 5.69 Å². The van der Waals surface area contributed by atoms with E-state index in [0.29, 0.717) is 17.8 Å². The van der Waals surface area contributed by atoms with Crippen molar-refractivity contribution in [3.8, 4) is 0 Å². The molecule has 0 spiro atoms. The number of aryl methyl sites for hydroxylation is 1. The first-order valence-electron chi connectivity index (χ1n) is 8.99. The van der Waals surface area contributed by atoms with Gasteiger partial charge in [0, 0.05) is 30.9 Å². The molecule has 1 amide bonds. The highest BCUT2D eigenvalue weighted by molar-refractivity contribution is 6.04. The first-order chi connectivity index (χ1) is 12.2. The lowest BCUT2D eigenvalue weighted by Gasteiger charge is -2.14. The number of amides is 1. The van der Waals surface area contributed by atoms with E-state index in [0.717, 1.165) is 26.1 Å². The molecule has 1 aliphatic rings. The fourth-order valence-electron chi connectivity index (χ4n) is 3.18. The molecule has 0 unspecified atom stereocenters. The van der Waals surface area contributed by atoms with Crippen molar-refractivity contribution in [2.45, 2.75) is 39.3 Å². The van der Waals surface area contributed by atoms with Gasteiger partial charge < -0.3 is 9.88 Å². The third kappa shape index (κ3) is 4.57. The first kappa shape index (κ1) is 17.4. The summed E-state index contributed by atoms with van der Waals surface area (Å²) in [4.78, 5) is 26.6. The van der Waals surface area contributed by atoms with Gasteiger partial charge in [-0.2, -0.15) is 0 Å². The molecule has 1 aromatic heterocycles. The molecule has 132 valence electrons. The monoisotopic (exact) mass is 339 g/mol. The molecule has 0 aliphatic carbocycles. The summed E-state index contributed by atoms with van der Waals surface area (Å²) < 4.78 is 1.62. The van der Waals surface area contributed by atoms with E-state index in [9.17, 15) is 9.59 Å². The van der Waals surface area contributed by atoms with E-state index in [1.165, 1.54) is 24.5 Å². The van der Waals surface area contributed by atoms with Crippen molar-refractivity contribution in [3.05, 3.63) is 64.1 Å². The highest BCUT2D eigenvalue weighted by atomic mass is 16.1. The first-order valence-corrected chi connectivity index (χ1v) is 8.99. The Balaban J connectivity index is 1.64. The maximum Gasteiger partial charge on any atom is 0.255 e. The fourth-order valence-corrected chi connectivity index (χ4v) is 3.18. The van der Waals surface area contributed by atoms with E-state index in [2.05, 4.69) is 10.2 Å². The van der Waals surface area contributed by atoms with Crippen LogP contribution in [0.25, 0.3) is 0 Å². The zero-order valence-corrected chi connectivity index (χ0v) is 14.7. The van der Waals surface area contributed by atoms with E-state index < -0.39 is 0 Å². The topological polar surface area (TPSA) is 54.3 Å². The van der Waals surface area contributed by atoms with Crippen LogP contribution in [0.5, 0.6) is 0 Å². The molecule has 0 bridgehead atoms. The van der Waals surface area contributed by atoms with E-state index in [4.69, 9.17) is 0 Å². The Morgan fingerprint density at radius 3 is 2.48 bits per heavy atom. The highest BCUT2D eigenvalue weighted by Crippen LogP contribution is 2.14. The third-order valence-corrected chi connectivity index (χ3v) is 4.53. The van der Waals surface area contributed by atoms with Crippen LogP contribution in [-0.4, -0.2) is 28.5 Å². The van der Waals surface area contributed by atoms with Crippen LogP contribution in [0.4, 0.5) is 5.69 Å². The summed E-state index contributed by atoms with van der Waals surface area (Å²) in [7, 11) is 0. The second-order valence-corrected chi connectivity index (χ2v) is 6.58. The van der Waals surface area contributed by atoms with Gasteiger partial charge in [-0.15, -0.1) is 0 Å². The normalized spacial score (nSPS) is 14.6. The van der Waals surface area contributed by atoms with Gasteiger partial charge in [-0.1, -0.05) is 19.1 Å². The maximum atomic E-state index is 12.4. The standard InChI is InChI=1S/C20H25N3O2/c1-2-11-23-15-18(9-10-19(23)24)21-20(25)17-7-5-16(6-8-17)14-22-12-3-4-13-22/h5-10,15H,2-4,11-14H2,1H3,(H,21,25). The minimum absolute atomic E-state index is 0.0499. The largest absolute Gasteiger partial charge is 0.321 e. The van der Waals surface area contributed by atoms with E-state index in [1.54, 1.807) is 16.8 Å². The summed E-state index contributed by atoms with van der Waals surface area (Å²) in [6.07, 6.45) is 5.13. The van der Waals surface area contributed by atoms with Gasteiger partial charge in [0.1, 0.15) is 0 Å². The average Bonchev–Trinajstić information content (AvgIpc) is 3.12. The van der Waals surface area contributed by atoms with Crippen molar-refractivity contribution >= 4 is 11.6 Å². The van der Waals surface area contributed by atoms with Crippen molar-refractivity contribution in [1.29, 1.82) is 0 Å². The van der Waals surface area contributed by atoms with Crippen LogP contribution in [0.3, 0.4) is 0 Å². The van der Waals surface area contributed by atoms with Crippen LogP contribution >= 0.6 is 0 Å². The minimum atomic E-state index is -0.158. The number of pyridine rings is 1. The molecular formula is C20H25N3O2. The summed E-state index contributed by atoms with van der Waals surface area (Å²) >= 11 is 0. The molecule has 2 heterocycles. The van der Waals surface area contributed by atoms with Gasteiger partial charge in [0.2, 0.25) is 0 Å². The van der Waals surface area contributed by atoms with Crippen LogP contribution < -0.4 is 10.9 Å². The third-order valence-electron chi connectivity index (χ3n) is 4.53. The average molecular weight is 339 g/mol. The Morgan fingerprint density at radius 2 is 1.80 bits per heavy atom. The molecule has 0 atom stereocenters. The lowest BCUT2D eigenvalue weighted by Crippen LogP contribution is -2.20. The van der Waals surface area contributed by atoms with Crippen molar-refractivity contribution < 1.29 is 4.79 Å². The van der Waals surface area contributed by atoms with Gasteiger partial charge in [0.15, 0.2) is 0 Å². The number of likely N-dealkylation sites (tertiary alicyclic amines) is 1. The van der Waals surface area contributed by atoms with Gasteiger partial charge in [-0.05, 0) is 56.1 Å². The van der Waals surface area contributed by atoms with E-state index in [-0.39, 0.29) is 11.5 Å². The SMILES string of the molecule is CCCn1cc(NC(=O)c2ccc(CN3CCCC3)cc2)ccc1=O. The molecular weight excluding hydrogens is 314 g/mol. The van der Waals surface area contributed by atoms with Crippen LogP contribution in [0.15, 0.2) is 47.4 Å². The van der Waals surface area contributed by atoms with Crippen molar-refractivity contribution in [1.82, 2.24) is 9.47 Å². The molecule has 3 rings (SSSR count). The zero-order valence-electron chi connectivity index (χ0n) is 14.7. The second-order valence-electron chi connectivity index (χ2n) is 6.58. The van der Waals surface area contributed by atoms with Crippen molar-refractivity contribution in [2.75, 3.05) is 18.4 Å². The molecule has 1 saturated heterocycles. The number of aromatic nitrogens is 1. The lowest BCUT2D eigenvalue weighted by molar-refractivity contribution is 0.102. The number of nitrogens with zero attached hydrogens (tertiary/aromatic N) is 2. The Kier molecular flexibility index (Phi) is 5.66. The summed E-state index contributed by atoms with van der Waals surface area (Å²) in [5.41, 5.74) is 2.44. The smallest absolute Gasteiger partial charge is 0.255 e. The number of hydrogen-bond acceptors (Lipinski definition) is 3. The van der Waals surface area contributed by atoms with Gasteiger partial charge in [-0.3, -0.25) is 14.5 Å². The van der Waals surface area contributed by atoms with Gasteiger partial charge in [-0.25, -0.2) is 0 Å². The Morgan fingerprint density at radius 1 is 1.08 bits per heavy atom. The molecule has 0 saturated carbocycles. The molecule has 25 heavy (non-hydrogen) atoms. The molecule has 0 radical (unpaired) electrons. The number of carbonyl (C=O) groups excluding carboxylic acids is 1. The lowest BCUT2D eigenvalue weighted by atomic mass is 10.1. The number of nitrogens with one attached hydrogen (secondary N) is 1.